The van der Waals surface area contributed by atoms with Crippen LogP contribution < -0.4 is 0 Å². The summed E-state index contributed by atoms with van der Waals surface area (Å²) in [6.45, 7) is 0. The Morgan fingerprint density at radius 1 is 0.359 bits per heavy atom. The van der Waals surface area contributed by atoms with Gasteiger partial charge in [-0.05, 0) is 107 Å². The molecule has 0 saturated heterocycles. The van der Waals surface area contributed by atoms with Gasteiger partial charge in [-0.15, -0.1) is 0 Å². The zero-order valence-electron chi connectivity index (χ0n) is 21.1. The molecule has 39 heavy (non-hydrogen) atoms. The quantitative estimate of drug-likeness (QED) is 0.176. The summed E-state index contributed by atoms with van der Waals surface area (Å²) in [4.78, 5) is 0. The Balaban J connectivity index is 1.37. The van der Waals surface area contributed by atoms with Crippen molar-refractivity contribution in [1.82, 2.24) is 9.13 Å². The van der Waals surface area contributed by atoms with Crippen LogP contribution in [0.15, 0.2) is 140 Å². The summed E-state index contributed by atoms with van der Waals surface area (Å²) >= 11 is 2.42. The molecular weight excluding hydrogens is 587 g/mol. The molecule has 0 aliphatic carbocycles. The largest absolute Gasteiger partial charge is 0.309 e. The number of hydrogen-bond acceptors (Lipinski definition) is 0. The highest BCUT2D eigenvalue weighted by Gasteiger charge is 2.16. The summed E-state index contributed by atoms with van der Waals surface area (Å²) in [7, 11) is 0. The van der Waals surface area contributed by atoms with E-state index in [0.29, 0.717) is 0 Å². The van der Waals surface area contributed by atoms with Crippen LogP contribution in [0.5, 0.6) is 0 Å². The summed E-state index contributed by atoms with van der Waals surface area (Å²) in [5, 5.41) is 5.10. The van der Waals surface area contributed by atoms with Gasteiger partial charge in [0.15, 0.2) is 0 Å². The lowest BCUT2D eigenvalue weighted by Gasteiger charge is -2.09. The van der Waals surface area contributed by atoms with Crippen molar-refractivity contribution in [2.45, 2.75) is 0 Å². The zero-order chi connectivity index (χ0) is 25.9. The van der Waals surface area contributed by atoms with Gasteiger partial charge < -0.3 is 9.13 Å². The van der Waals surface area contributed by atoms with Crippen molar-refractivity contribution in [1.29, 1.82) is 0 Å². The van der Waals surface area contributed by atoms with Crippen LogP contribution in [0.1, 0.15) is 0 Å². The lowest BCUT2D eigenvalue weighted by molar-refractivity contribution is 1.18. The topological polar surface area (TPSA) is 9.86 Å². The number of para-hydroxylation sites is 3. The second-order valence-corrected chi connectivity index (χ2v) is 11.2. The van der Waals surface area contributed by atoms with Gasteiger partial charge in [0.1, 0.15) is 0 Å². The number of aromatic nitrogens is 2. The Morgan fingerprint density at radius 2 is 0.795 bits per heavy atom. The summed E-state index contributed by atoms with van der Waals surface area (Å²) in [5.74, 6) is 0. The van der Waals surface area contributed by atoms with Crippen molar-refractivity contribution < 1.29 is 0 Å². The number of rotatable bonds is 3. The molecular formula is C36H23IN2. The van der Waals surface area contributed by atoms with Crippen molar-refractivity contribution in [3.63, 3.8) is 0 Å². The molecule has 3 heteroatoms. The van der Waals surface area contributed by atoms with Crippen LogP contribution in [0.4, 0.5) is 0 Å². The molecule has 0 saturated carbocycles. The minimum Gasteiger partial charge on any atom is -0.309 e. The van der Waals surface area contributed by atoms with E-state index in [2.05, 4.69) is 171 Å². The molecule has 0 spiro atoms. The Bertz CT molecular complexity index is 2170. The third-order valence-corrected chi connectivity index (χ3v) is 8.43. The average Bonchev–Trinajstić information content (AvgIpc) is 3.50. The molecule has 0 atom stereocenters. The normalized spacial score (nSPS) is 11.7. The second-order valence-electron chi connectivity index (χ2n) is 9.98. The Labute approximate surface area is 239 Å². The maximum absolute atomic E-state index is 2.42. The molecule has 8 aromatic rings. The van der Waals surface area contributed by atoms with Crippen molar-refractivity contribution in [2.24, 2.45) is 0 Å². The minimum atomic E-state index is 1.18. The van der Waals surface area contributed by atoms with Gasteiger partial charge in [-0.1, -0.05) is 66.7 Å². The molecule has 6 aromatic carbocycles. The van der Waals surface area contributed by atoms with Crippen LogP contribution in [-0.2, 0) is 0 Å². The van der Waals surface area contributed by atoms with Gasteiger partial charge in [0.25, 0.3) is 0 Å². The Morgan fingerprint density at radius 3 is 1.38 bits per heavy atom. The first kappa shape index (κ1) is 22.6. The molecule has 0 radical (unpaired) electrons. The van der Waals surface area contributed by atoms with Crippen LogP contribution in [0, 0.1) is 3.57 Å². The molecule has 0 unspecified atom stereocenters. The van der Waals surface area contributed by atoms with Crippen LogP contribution >= 0.6 is 22.6 Å². The SMILES string of the molecule is Ic1ccc2c(c1)c1cc(-c3ccc4c(c3)c3ccccc3n4-c3ccccc3)ccc1n2-c1ccccc1. The van der Waals surface area contributed by atoms with Crippen molar-refractivity contribution in [3.05, 3.63) is 143 Å². The van der Waals surface area contributed by atoms with Gasteiger partial charge in [-0.2, -0.15) is 0 Å². The molecule has 0 N–H and O–H groups in total. The Kier molecular flexibility index (Phi) is 5.13. The van der Waals surface area contributed by atoms with E-state index in [4.69, 9.17) is 0 Å². The van der Waals surface area contributed by atoms with Crippen LogP contribution in [0.2, 0.25) is 0 Å². The predicted molar refractivity (Wildman–Crippen MR) is 173 cm³/mol. The first-order valence-electron chi connectivity index (χ1n) is 13.1. The molecule has 0 aliphatic rings. The van der Waals surface area contributed by atoms with E-state index in [9.17, 15) is 0 Å². The predicted octanol–water partition coefficient (Wildman–Crippen LogP) is 10.2. The maximum Gasteiger partial charge on any atom is 0.0541 e. The standard InChI is InChI=1S/C36H23IN2/c37-26-17-20-36-32(23-26)31-22-25(16-19-35(31)39(36)28-11-5-2-6-12-28)24-15-18-34-30(21-24)29-13-7-8-14-33(29)38(34)27-9-3-1-4-10-27/h1-23H. The molecule has 8 rings (SSSR count). The smallest absolute Gasteiger partial charge is 0.0541 e. The molecule has 2 heterocycles. The maximum atomic E-state index is 2.42. The van der Waals surface area contributed by atoms with Gasteiger partial charge in [-0.25, -0.2) is 0 Å². The van der Waals surface area contributed by atoms with Crippen LogP contribution in [0.3, 0.4) is 0 Å². The van der Waals surface area contributed by atoms with Crippen molar-refractivity contribution in [3.8, 4) is 22.5 Å². The molecule has 0 amide bonds. The molecule has 0 fully saturated rings. The molecule has 0 bridgehead atoms. The third-order valence-electron chi connectivity index (χ3n) is 7.76. The van der Waals surface area contributed by atoms with Gasteiger partial charge in [0.2, 0.25) is 0 Å². The van der Waals surface area contributed by atoms with Gasteiger partial charge >= 0.3 is 0 Å². The van der Waals surface area contributed by atoms with Gasteiger partial charge in [-0.3, -0.25) is 0 Å². The van der Waals surface area contributed by atoms with Crippen molar-refractivity contribution >= 4 is 66.2 Å². The lowest BCUT2D eigenvalue weighted by atomic mass is 10.0. The molecule has 2 nitrogen and oxygen atoms in total. The fourth-order valence-electron chi connectivity index (χ4n) is 6.04. The molecule has 0 aliphatic heterocycles. The zero-order valence-corrected chi connectivity index (χ0v) is 23.2. The highest BCUT2D eigenvalue weighted by molar-refractivity contribution is 14.1. The van der Waals surface area contributed by atoms with E-state index >= 15 is 0 Å². The van der Waals surface area contributed by atoms with E-state index in [0.717, 1.165) is 0 Å². The summed E-state index contributed by atoms with van der Waals surface area (Å²) in [6.07, 6.45) is 0. The average molecular weight is 610 g/mol. The fraction of sp³-hybridized carbons (Fsp3) is 0. The van der Waals surface area contributed by atoms with Crippen molar-refractivity contribution in [2.75, 3.05) is 0 Å². The van der Waals surface area contributed by atoms with Crippen LogP contribution in [0.25, 0.3) is 66.1 Å². The highest BCUT2D eigenvalue weighted by Crippen LogP contribution is 2.38. The first-order chi connectivity index (χ1) is 19.3. The number of nitrogens with zero attached hydrogens (tertiary/aromatic N) is 2. The summed E-state index contributed by atoms with van der Waals surface area (Å²) in [6, 6.07) is 50.5. The van der Waals surface area contributed by atoms with E-state index in [1.807, 2.05) is 0 Å². The summed E-state index contributed by atoms with van der Waals surface area (Å²) in [5.41, 5.74) is 9.73. The summed E-state index contributed by atoms with van der Waals surface area (Å²) < 4.78 is 5.99. The monoisotopic (exact) mass is 610 g/mol. The molecule has 2 aromatic heterocycles. The number of hydrogen-bond donors (Lipinski definition) is 0. The Hall–Kier alpha value is -4.35. The fourth-order valence-corrected chi connectivity index (χ4v) is 6.53. The lowest BCUT2D eigenvalue weighted by Crippen LogP contribution is -1.93. The molecule has 184 valence electrons. The number of benzene rings is 6. The van der Waals surface area contributed by atoms with E-state index in [1.165, 1.54) is 69.7 Å². The van der Waals surface area contributed by atoms with E-state index < -0.39 is 0 Å². The highest BCUT2D eigenvalue weighted by atomic mass is 127. The first-order valence-corrected chi connectivity index (χ1v) is 14.2. The number of fused-ring (bicyclic) bond motifs is 6. The number of halogens is 1. The van der Waals surface area contributed by atoms with E-state index in [1.54, 1.807) is 0 Å². The van der Waals surface area contributed by atoms with Gasteiger partial charge in [0, 0.05) is 36.5 Å². The van der Waals surface area contributed by atoms with Crippen LogP contribution in [-0.4, -0.2) is 9.13 Å². The van der Waals surface area contributed by atoms with Gasteiger partial charge in [0.05, 0.1) is 22.1 Å². The minimum absolute atomic E-state index is 1.18. The second kappa shape index (κ2) is 8.85. The van der Waals surface area contributed by atoms with E-state index in [-0.39, 0.29) is 0 Å². The third kappa shape index (κ3) is 3.53.